The zero-order chi connectivity index (χ0) is 15.2. The molecule has 0 saturated carbocycles. The lowest BCUT2D eigenvalue weighted by Gasteiger charge is -2.18. The second-order valence-electron chi connectivity index (χ2n) is 5.59. The molecule has 0 bridgehead atoms. The minimum Gasteiger partial charge on any atom is -0.313 e. The first-order valence-electron chi connectivity index (χ1n) is 7.75. The van der Waals surface area contributed by atoms with Gasteiger partial charge in [0.2, 0.25) is 0 Å². The SMILES string of the molecule is ON(C/C=C/c1ccccc1)Cc1cccc2c1C=CCC2. The van der Waals surface area contributed by atoms with Crippen LogP contribution in [0.2, 0.25) is 0 Å². The third-order valence-corrected chi connectivity index (χ3v) is 3.93. The molecule has 0 fully saturated rings. The van der Waals surface area contributed by atoms with E-state index in [0.717, 1.165) is 18.4 Å². The number of hydrogen-bond donors (Lipinski definition) is 1. The van der Waals surface area contributed by atoms with Gasteiger partial charge in [0.15, 0.2) is 0 Å². The zero-order valence-electron chi connectivity index (χ0n) is 12.7. The van der Waals surface area contributed by atoms with E-state index in [-0.39, 0.29) is 0 Å². The maximum absolute atomic E-state index is 10.1. The number of hydroxylamine groups is 2. The monoisotopic (exact) mass is 291 g/mol. The van der Waals surface area contributed by atoms with Gasteiger partial charge in [0, 0.05) is 13.1 Å². The van der Waals surface area contributed by atoms with Crippen molar-refractivity contribution in [2.24, 2.45) is 0 Å². The van der Waals surface area contributed by atoms with Crippen molar-refractivity contribution in [3.8, 4) is 0 Å². The van der Waals surface area contributed by atoms with Crippen LogP contribution in [0.3, 0.4) is 0 Å². The smallest absolute Gasteiger partial charge is 0.0498 e. The Kier molecular flexibility index (Phi) is 4.84. The molecular weight excluding hydrogens is 270 g/mol. The number of rotatable bonds is 5. The highest BCUT2D eigenvalue weighted by Gasteiger charge is 2.10. The van der Waals surface area contributed by atoms with Crippen molar-refractivity contribution in [2.45, 2.75) is 19.4 Å². The summed E-state index contributed by atoms with van der Waals surface area (Å²) < 4.78 is 0. The predicted octanol–water partition coefficient (Wildman–Crippen LogP) is 4.55. The minimum atomic E-state index is 0.516. The molecule has 0 amide bonds. The Morgan fingerprint density at radius 3 is 2.77 bits per heavy atom. The summed E-state index contributed by atoms with van der Waals surface area (Å²) in [6.07, 6.45) is 10.6. The van der Waals surface area contributed by atoms with E-state index >= 15 is 0 Å². The fourth-order valence-electron chi connectivity index (χ4n) is 2.81. The summed E-state index contributed by atoms with van der Waals surface area (Å²) in [7, 11) is 0. The molecule has 0 atom stereocenters. The van der Waals surface area contributed by atoms with Crippen molar-refractivity contribution in [2.75, 3.05) is 6.54 Å². The van der Waals surface area contributed by atoms with Crippen LogP contribution in [-0.2, 0) is 13.0 Å². The van der Waals surface area contributed by atoms with Crippen molar-refractivity contribution >= 4 is 12.2 Å². The summed E-state index contributed by atoms with van der Waals surface area (Å²) in [5.41, 5.74) is 4.99. The van der Waals surface area contributed by atoms with Crippen molar-refractivity contribution in [1.29, 1.82) is 0 Å². The molecule has 1 N–H and O–H groups in total. The van der Waals surface area contributed by atoms with Crippen LogP contribution >= 0.6 is 0 Å². The lowest BCUT2D eigenvalue weighted by atomic mass is 9.93. The number of aryl methyl sites for hydroxylation is 1. The summed E-state index contributed by atoms with van der Waals surface area (Å²) in [6.45, 7) is 1.06. The van der Waals surface area contributed by atoms with Gasteiger partial charge >= 0.3 is 0 Å². The molecule has 2 aromatic rings. The van der Waals surface area contributed by atoms with Crippen LogP contribution in [0.4, 0.5) is 0 Å². The third kappa shape index (κ3) is 3.73. The highest BCUT2D eigenvalue weighted by Crippen LogP contribution is 2.23. The van der Waals surface area contributed by atoms with Crippen LogP contribution in [0.25, 0.3) is 12.2 Å². The van der Waals surface area contributed by atoms with E-state index in [1.54, 1.807) is 0 Å². The first-order valence-corrected chi connectivity index (χ1v) is 7.75. The van der Waals surface area contributed by atoms with Gasteiger partial charge in [0.05, 0.1) is 0 Å². The van der Waals surface area contributed by atoms with Gasteiger partial charge in [0.1, 0.15) is 0 Å². The van der Waals surface area contributed by atoms with E-state index in [0.29, 0.717) is 13.1 Å². The molecule has 0 aromatic heterocycles. The third-order valence-electron chi connectivity index (χ3n) is 3.93. The Balaban J connectivity index is 1.62. The van der Waals surface area contributed by atoms with Gasteiger partial charge in [-0.1, -0.05) is 72.8 Å². The van der Waals surface area contributed by atoms with Gasteiger partial charge < -0.3 is 5.21 Å². The molecule has 22 heavy (non-hydrogen) atoms. The zero-order valence-corrected chi connectivity index (χ0v) is 12.7. The molecule has 112 valence electrons. The number of allylic oxidation sites excluding steroid dienone is 1. The van der Waals surface area contributed by atoms with E-state index in [2.05, 4.69) is 42.5 Å². The van der Waals surface area contributed by atoms with Crippen molar-refractivity contribution in [1.82, 2.24) is 5.06 Å². The van der Waals surface area contributed by atoms with Crippen LogP contribution in [0.15, 0.2) is 60.7 Å². The van der Waals surface area contributed by atoms with Gasteiger partial charge in [-0.05, 0) is 35.1 Å². The fourth-order valence-corrected chi connectivity index (χ4v) is 2.81. The second kappa shape index (κ2) is 7.21. The Morgan fingerprint density at radius 2 is 1.91 bits per heavy atom. The largest absolute Gasteiger partial charge is 0.313 e. The molecule has 0 heterocycles. The maximum atomic E-state index is 10.1. The molecule has 2 nitrogen and oxygen atoms in total. The Morgan fingerprint density at radius 1 is 1.05 bits per heavy atom. The van der Waals surface area contributed by atoms with Gasteiger partial charge in [-0.25, -0.2) is 0 Å². The van der Waals surface area contributed by atoms with Crippen LogP contribution < -0.4 is 0 Å². The molecule has 0 spiro atoms. The predicted molar refractivity (Wildman–Crippen MR) is 91.5 cm³/mol. The van der Waals surface area contributed by atoms with Crippen LogP contribution in [0.5, 0.6) is 0 Å². The van der Waals surface area contributed by atoms with E-state index in [1.807, 2.05) is 30.4 Å². The van der Waals surface area contributed by atoms with Crippen molar-refractivity contribution < 1.29 is 5.21 Å². The topological polar surface area (TPSA) is 23.5 Å². The molecule has 0 saturated heterocycles. The summed E-state index contributed by atoms with van der Waals surface area (Å²) in [6, 6.07) is 16.5. The van der Waals surface area contributed by atoms with Crippen LogP contribution in [0, 0.1) is 0 Å². The normalized spacial score (nSPS) is 13.7. The molecule has 0 aliphatic heterocycles. The number of hydrogen-bond acceptors (Lipinski definition) is 2. The molecular formula is C20H21NO. The standard InChI is InChI=1S/C20H21NO/c22-21(15-7-10-17-8-2-1-3-9-17)16-19-13-6-12-18-11-4-5-14-20(18)19/h1-3,5-10,12-14,22H,4,11,15-16H2/b10-7+. The quantitative estimate of drug-likeness (QED) is 0.817. The highest BCUT2D eigenvalue weighted by molar-refractivity contribution is 5.60. The van der Waals surface area contributed by atoms with Gasteiger partial charge in [-0.2, -0.15) is 5.06 Å². The van der Waals surface area contributed by atoms with E-state index in [4.69, 9.17) is 0 Å². The van der Waals surface area contributed by atoms with Gasteiger partial charge in [-0.15, -0.1) is 0 Å². The lowest BCUT2D eigenvalue weighted by Crippen LogP contribution is -2.19. The van der Waals surface area contributed by atoms with Crippen LogP contribution in [0.1, 0.15) is 28.7 Å². The van der Waals surface area contributed by atoms with Crippen molar-refractivity contribution in [3.63, 3.8) is 0 Å². The minimum absolute atomic E-state index is 0.516. The molecule has 1 aliphatic rings. The van der Waals surface area contributed by atoms with E-state index in [1.165, 1.54) is 21.8 Å². The van der Waals surface area contributed by atoms with Crippen molar-refractivity contribution in [3.05, 3.63) is 82.9 Å². The van der Waals surface area contributed by atoms with E-state index < -0.39 is 0 Å². The number of benzene rings is 2. The van der Waals surface area contributed by atoms with Gasteiger partial charge in [-0.3, -0.25) is 0 Å². The first-order chi connectivity index (χ1) is 10.8. The molecule has 1 aliphatic carbocycles. The summed E-state index contributed by atoms with van der Waals surface area (Å²) in [5.74, 6) is 0. The summed E-state index contributed by atoms with van der Waals surface area (Å²) in [4.78, 5) is 0. The lowest BCUT2D eigenvalue weighted by molar-refractivity contribution is -0.0886. The molecule has 0 unspecified atom stereocenters. The Hall–Kier alpha value is -2.16. The number of nitrogens with zero attached hydrogens (tertiary/aromatic N) is 1. The first kappa shape index (κ1) is 14.8. The Labute approximate surface area is 132 Å². The molecule has 0 radical (unpaired) electrons. The van der Waals surface area contributed by atoms with Crippen LogP contribution in [-0.4, -0.2) is 16.8 Å². The average Bonchev–Trinajstić information content (AvgIpc) is 2.56. The molecule has 2 aromatic carbocycles. The maximum Gasteiger partial charge on any atom is 0.0498 e. The van der Waals surface area contributed by atoms with Gasteiger partial charge in [0.25, 0.3) is 0 Å². The number of fused-ring (bicyclic) bond motifs is 1. The van der Waals surface area contributed by atoms with E-state index in [9.17, 15) is 5.21 Å². The average molecular weight is 291 g/mol. The molecule has 2 heteroatoms. The fraction of sp³-hybridized carbons (Fsp3) is 0.200. The second-order valence-corrected chi connectivity index (χ2v) is 5.59. The summed E-state index contributed by atoms with van der Waals surface area (Å²) in [5, 5.41) is 11.5. The molecule has 3 rings (SSSR count). The summed E-state index contributed by atoms with van der Waals surface area (Å²) >= 11 is 0. The Bertz CT molecular complexity index is 673. The highest BCUT2D eigenvalue weighted by atomic mass is 16.5.